The van der Waals surface area contributed by atoms with Crippen LogP contribution in [0.4, 0.5) is 5.13 Å². The molecule has 2 aliphatic heterocycles. The van der Waals surface area contributed by atoms with Gasteiger partial charge in [0.05, 0.1) is 0 Å². The van der Waals surface area contributed by atoms with Gasteiger partial charge in [-0.1, -0.05) is 25.2 Å². The molecular formula is C17H26N4OS. The van der Waals surface area contributed by atoms with Crippen LogP contribution in [0.15, 0.2) is 0 Å². The summed E-state index contributed by atoms with van der Waals surface area (Å²) in [6.45, 7) is 7.44. The first-order valence-corrected chi connectivity index (χ1v) is 9.76. The summed E-state index contributed by atoms with van der Waals surface area (Å²) < 4.78 is 0. The molecule has 0 bridgehead atoms. The summed E-state index contributed by atoms with van der Waals surface area (Å²) in [5.41, 5.74) is 0.360. The molecule has 126 valence electrons. The second-order valence-corrected chi connectivity index (χ2v) is 8.80. The molecule has 2 saturated heterocycles. The van der Waals surface area contributed by atoms with Crippen LogP contribution in [0.5, 0.6) is 0 Å². The first kappa shape index (κ1) is 15.4. The van der Waals surface area contributed by atoms with Crippen LogP contribution in [-0.4, -0.2) is 46.7 Å². The third-order valence-electron chi connectivity index (χ3n) is 5.70. The molecule has 3 fully saturated rings. The third-order valence-corrected chi connectivity index (χ3v) is 6.99. The summed E-state index contributed by atoms with van der Waals surface area (Å²) >= 11 is 1.74. The summed E-state index contributed by atoms with van der Waals surface area (Å²) in [7, 11) is 0. The van der Waals surface area contributed by atoms with E-state index in [9.17, 15) is 4.79 Å². The maximum Gasteiger partial charge on any atom is 0.222 e. The molecule has 0 aromatic carbocycles. The van der Waals surface area contributed by atoms with Crippen LogP contribution in [0.1, 0.15) is 63.3 Å². The average Bonchev–Trinajstić information content (AvgIpc) is 3.27. The number of aromatic nitrogens is 2. The molecule has 3 aliphatic rings. The highest BCUT2D eigenvalue weighted by molar-refractivity contribution is 7.15. The molecular weight excluding hydrogens is 308 g/mol. The minimum Gasteiger partial charge on any atom is -0.347 e. The Balaban J connectivity index is 1.40. The molecule has 1 saturated carbocycles. The Hall–Kier alpha value is -1.17. The molecule has 4 rings (SSSR count). The van der Waals surface area contributed by atoms with Gasteiger partial charge in [-0.05, 0) is 37.5 Å². The molecule has 1 aromatic rings. The minimum atomic E-state index is 0.360. The predicted octanol–water partition coefficient (Wildman–Crippen LogP) is 3.03. The summed E-state index contributed by atoms with van der Waals surface area (Å²) in [5, 5.41) is 10.9. The van der Waals surface area contributed by atoms with Crippen LogP contribution < -0.4 is 4.90 Å². The van der Waals surface area contributed by atoms with Crippen molar-refractivity contribution in [1.29, 1.82) is 0 Å². The molecule has 0 atom stereocenters. The van der Waals surface area contributed by atoms with E-state index in [2.05, 4.69) is 33.8 Å². The van der Waals surface area contributed by atoms with Gasteiger partial charge < -0.3 is 9.80 Å². The Kier molecular flexibility index (Phi) is 3.82. The topological polar surface area (TPSA) is 49.3 Å². The van der Waals surface area contributed by atoms with E-state index in [1.807, 2.05) is 0 Å². The van der Waals surface area contributed by atoms with Gasteiger partial charge in [0.15, 0.2) is 0 Å². The van der Waals surface area contributed by atoms with Crippen molar-refractivity contribution in [2.75, 3.05) is 24.5 Å². The van der Waals surface area contributed by atoms with E-state index in [0.29, 0.717) is 23.3 Å². The Morgan fingerprint density at radius 3 is 2.52 bits per heavy atom. The van der Waals surface area contributed by atoms with Gasteiger partial charge in [-0.25, -0.2) is 0 Å². The first-order chi connectivity index (χ1) is 11.1. The fraction of sp³-hybridized carbons (Fsp3) is 0.824. The number of piperidine rings is 2. The van der Waals surface area contributed by atoms with E-state index >= 15 is 0 Å². The van der Waals surface area contributed by atoms with E-state index in [0.717, 1.165) is 42.6 Å². The van der Waals surface area contributed by atoms with Gasteiger partial charge in [0.1, 0.15) is 5.01 Å². The van der Waals surface area contributed by atoms with E-state index in [1.54, 1.807) is 11.3 Å². The van der Waals surface area contributed by atoms with Crippen LogP contribution in [-0.2, 0) is 4.79 Å². The highest BCUT2D eigenvalue weighted by Crippen LogP contribution is 2.44. The van der Waals surface area contributed by atoms with Gasteiger partial charge >= 0.3 is 0 Å². The minimum absolute atomic E-state index is 0.360. The highest BCUT2D eigenvalue weighted by atomic mass is 32.1. The predicted molar refractivity (Wildman–Crippen MR) is 91.8 cm³/mol. The SMILES string of the molecule is CC(C)c1nnc(N2CCC3(CCC(=O)N(C4CC4)C3)CC2)s1. The zero-order valence-electron chi connectivity index (χ0n) is 14.1. The van der Waals surface area contributed by atoms with Crippen molar-refractivity contribution in [2.45, 2.75) is 64.3 Å². The largest absolute Gasteiger partial charge is 0.347 e. The number of likely N-dealkylation sites (tertiary alicyclic amines) is 1. The maximum absolute atomic E-state index is 12.2. The number of hydrogen-bond acceptors (Lipinski definition) is 5. The number of anilines is 1. The molecule has 3 heterocycles. The van der Waals surface area contributed by atoms with Crippen molar-refractivity contribution in [3.63, 3.8) is 0 Å². The second kappa shape index (κ2) is 5.72. The molecule has 0 unspecified atom stereocenters. The van der Waals surface area contributed by atoms with Gasteiger partial charge in [-0.3, -0.25) is 4.79 Å². The highest BCUT2D eigenvalue weighted by Gasteiger charge is 2.45. The second-order valence-electron chi connectivity index (χ2n) is 7.82. The first-order valence-electron chi connectivity index (χ1n) is 8.94. The number of rotatable bonds is 3. The Morgan fingerprint density at radius 2 is 1.91 bits per heavy atom. The van der Waals surface area contributed by atoms with Crippen LogP contribution in [0.2, 0.25) is 0 Å². The van der Waals surface area contributed by atoms with Crippen LogP contribution in [0, 0.1) is 5.41 Å². The average molecular weight is 334 g/mol. The molecule has 6 heteroatoms. The Morgan fingerprint density at radius 1 is 1.17 bits per heavy atom. The fourth-order valence-electron chi connectivity index (χ4n) is 3.93. The van der Waals surface area contributed by atoms with Crippen molar-refractivity contribution >= 4 is 22.4 Å². The summed E-state index contributed by atoms with van der Waals surface area (Å²) in [6, 6.07) is 0.564. The van der Waals surface area contributed by atoms with Crippen molar-refractivity contribution in [3.05, 3.63) is 5.01 Å². The van der Waals surface area contributed by atoms with Gasteiger partial charge in [-0.2, -0.15) is 0 Å². The standard InChI is InChI=1S/C17H26N4OS/c1-12(2)15-18-19-16(23-15)20-9-7-17(8-10-20)6-5-14(22)21(11-17)13-3-4-13/h12-13H,3-11H2,1-2H3. The zero-order chi connectivity index (χ0) is 16.0. The van der Waals surface area contributed by atoms with Crippen molar-refractivity contribution < 1.29 is 4.79 Å². The molecule has 0 radical (unpaired) electrons. The molecule has 1 aliphatic carbocycles. The Bertz CT molecular complexity index is 587. The lowest BCUT2D eigenvalue weighted by atomic mass is 9.72. The van der Waals surface area contributed by atoms with Gasteiger partial charge in [0.2, 0.25) is 11.0 Å². The summed E-state index contributed by atoms with van der Waals surface area (Å²) in [5.74, 6) is 0.847. The number of nitrogens with zero attached hydrogens (tertiary/aromatic N) is 4. The monoisotopic (exact) mass is 334 g/mol. The third kappa shape index (κ3) is 2.97. The fourth-order valence-corrected chi connectivity index (χ4v) is 4.83. The number of amides is 1. The molecule has 5 nitrogen and oxygen atoms in total. The molecule has 1 aromatic heterocycles. The maximum atomic E-state index is 12.2. The van der Waals surface area contributed by atoms with Gasteiger partial charge in [-0.15, -0.1) is 10.2 Å². The van der Waals surface area contributed by atoms with E-state index < -0.39 is 0 Å². The summed E-state index contributed by atoms with van der Waals surface area (Å²) in [4.78, 5) is 16.7. The number of carbonyl (C=O) groups is 1. The molecule has 1 amide bonds. The van der Waals surface area contributed by atoms with Crippen LogP contribution in [0.3, 0.4) is 0 Å². The number of hydrogen-bond donors (Lipinski definition) is 0. The van der Waals surface area contributed by atoms with Gasteiger partial charge in [0, 0.05) is 38.0 Å². The molecule has 23 heavy (non-hydrogen) atoms. The van der Waals surface area contributed by atoms with E-state index in [1.165, 1.54) is 25.7 Å². The lowest BCUT2D eigenvalue weighted by molar-refractivity contribution is -0.139. The van der Waals surface area contributed by atoms with Crippen molar-refractivity contribution in [1.82, 2.24) is 15.1 Å². The van der Waals surface area contributed by atoms with Crippen LogP contribution in [0.25, 0.3) is 0 Å². The Labute approximate surface area is 142 Å². The van der Waals surface area contributed by atoms with E-state index in [-0.39, 0.29) is 0 Å². The number of carbonyl (C=O) groups excluding carboxylic acids is 1. The van der Waals surface area contributed by atoms with Crippen molar-refractivity contribution in [3.8, 4) is 0 Å². The van der Waals surface area contributed by atoms with E-state index in [4.69, 9.17) is 0 Å². The van der Waals surface area contributed by atoms with Crippen LogP contribution >= 0.6 is 11.3 Å². The van der Waals surface area contributed by atoms with Gasteiger partial charge in [0.25, 0.3) is 0 Å². The molecule has 1 spiro atoms. The summed E-state index contributed by atoms with van der Waals surface area (Å²) in [6.07, 6.45) is 6.64. The normalized spacial score (nSPS) is 24.7. The quantitative estimate of drug-likeness (QED) is 0.852. The smallest absolute Gasteiger partial charge is 0.222 e. The lowest BCUT2D eigenvalue weighted by Crippen LogP contribution is -2.52. The lowest BCUT2D eigenvalue weighted by Gasteiger charge is -2.47. The zero-order valence-corrected chi connectivity index (χ0v) is 14.9. The molecule has 0 N–H and O–H groups in total. The van der Waals surface area contributed by atoms with Crippen molar-refractivity contribution in [2.24, 2.45) is 5.41 Å².